The summed E-state index contributed by atoms with van der Waals surface area (Å²) in [5.41, 5.74) is 5.65. The third kappa shape index (κ3) is 28.7. The van der Waals surface area contributed by atoms with Crippen molar-refractivity contribution in [3.05, 3.63) is 34.7 Å². The van der Waals surface area contributed by atoms with E-state index in [4.69, 9.17) is 33.5 Å². The molecule has 7 heterocycles. The summed E-state index contributed by atoms with van der Waals surface area (Å²) in [5.74, 6) is 2.66. The van der Waals surface area contributed by atoms with Crippen LogP contribution in [0.2, 0.25) is 0 Å². The van der Waals surface area contributed by atoms with E-state index in [9.17, 15) is 48.6 Å². The molecule has 2 aromatic heterocycles. The largest absolute Gasteiger partial charge is 0.444 e. The number of nitrogens with one attached hydrogen (secondary N) is 3. The second-order valence-corrected chi connectivity index (χ2v) is 24.7. The van der Waals surface area contributed by atoms with E-state index >= 15 is 0 Å². The van der Waals surface area contributed by atoms with Gasteiger partial charge in [-0.05, 0) is 114 Å². The zero-order valence-electron chi connectivity index (χ0n) is 51.2. The van der Waals surface area contributed by atoms with Crippen molar-refractivity contribution in [3.63, 3.8) is 0 Å². The molecule has 0 aromatic carbocycles. The van der Waals surface area contributed by atoms with Gasteiger partial charge in [0, 0.05) is 86.2 Å². The minimum absolute atomic E-state index is 0.0140. The lowest BCUT2D eigenvalue weighted by Gasteiger charge is -2.36. The van der Waals surface area contributed by atoms with E-state index in [1.54, 1.807) is 46.4 Å². The van der Waals surface area contributed by atoms with Crippen LogP contribution in [-0.4, -0.2) is 192 Å². The Kier molecular flexibility index (Phi) is 28.2. The fourth-order valence-corrected chi connectivity index (χ4v) is 8.06. The number of likely N-dealkylation sites (tertiary alicyclic amines) is 3. The number of ketones is 1. The molecule has 3 fully saturated rings. The molecule has 466 valence electrons. The summed E-state index contributed by atoms with van der Waals surface area (Å²) in [5, 5.41) is 27.5. The highest BCUT2D eigenvalue weighted by atomic mass is 35.5. The third-order valence-electron chi connectivity index (χ3n) is 11.6. The number of carbonyl (C=O) groups is 8. The second kappa shape index (κ2) is 32.1. The van der Waals surface area contributed by atoms with Crippen LogP contribution in [0.3, 0.4) is 0 Å². The highest BCUT2D eigenvalue weighted by Gasteiger charge is 2.35. The minimum Gasteiger partial charge on any atom is -0.444 e. The summed E-state index contributed by atoms with van der Waals surface area (Å²) in [6, 6.07) is -1.01. The average molecular weight is 1190 g/mol. The number of nitrogens with zero attached hydrogens (tertiary/aromatic N) is 6. The number of aryl methyl sites for hydroxylation is 2. The zero-order valence-corrected chi connectivity index (χ0v) is 52.0. The van der Waals surface area contributed by atoms with Gasteiger partial charge in [0.15, 0.2) is 17.6 Å². The molecular weight excluding hydrogens is 1090 g/mol. The van der Waals surface area contributed by atoms with Gasteiger partial charge in [0.2, 0.25) is 17.1 Å². The van der Waals surface area contributed by atoms with E-state index in [-0.39, 0.29) is 66.7 Å². The molecule has 82 heavy (non-hydrogen) atoms. The summed E-state index contributed by atoms with van der Waals surface area (Å²) in [6.45, 7) is 34.3. The number of fused-ring (bicyclic) bond motifs is 2. The van der Waals surface area contributed by atoms with Crippen molar-refractivity contribution < 1.29 is 76.4 Å². The summed E-state index contributed by atoms with van der Waals surface area (Å²) < 4.78 is 31.7. The lowest BCUT2D eigenvalue weighted by atomic mass is 10.0. The molecule has 5 aliphatic rings. The third-order valence-corrected chi connectivity index (χ3v) is 11.6. The van der Waals surface area contributed by atoms with Gasteiger partial charge in [-0.3, -0.25) is 19.2 Å². The molecule has 27 heteroatoms. The number of β-amino-alcohol motifs (C(OH)–C–C–N with tert-alkyl or cyclic N) is 2. The molecule has 1 unspecified atom stereocenters. The summed E-state index contributed by atoms with van der Waals surface area (Å²) in [4.78, 5) is 104. The first kappa shape index (κ1) is 72.0. The molecule has 26 nitrogen and oxygen atoms in total. The van der Waals surface area contributed by atoms with Gasteiger partial charge < -0.3 is 79.3 Å². The van der Waals surface area contributed by atoms with E-state index in [1.807, 2.05) is 55.4 Å². The van der Waals surface area contributed by atoms with E-state index in [2.05, 4.69) is 37.5 Å². The van der Waals surface area contributed by atoms with Crippen LogP contribution in [0.15, 0.2) is 8.83 Å². The maximum absolute atomic E-state index is 11.9. The molecule has 0 spiro atoms. The van der Waals surface area contributed by atoms with Gasteiger partial charge in [-0.1, -0.05) is 0 Å². The first-order chi connectivity index (χ1) is 37.6. The van der Waals surface area contributed by atoms with E-state index in [0.717, 1.165) is 54.7 Å². The normalized spacial score (nSPS) is 20.6. The number of ether oxygens (including phenoxy) is 4. The van der Waals surface area contributed by atoms with E-state index < -0.39 is 52.8 Å². The van der Waals surface area contributed by atoms with Crippen LogP contribution in [0.4, 0.5) is 19.2 Å². The number of aliphatic hydroxyl groups is 2. The summed E-state index contributed by atoms with van der Waals surface area (Å²) >= 11 is 4.64. The number of hydrogen-bond acceptors (Lipinski definition) is 20. The topological polar surface area (TPSA) is 341 Å². The van der Waals surface area contributed by atoms with Crippen LogP contribution < -0.4 is 21.7 Å². The summed E-state index contributed by atoms with van der Waals surface area (Å²) in [7, 11) is 0. The number of oxazole rings is 2. The fraction of sp³-hybridized carbons (Fsp3) is 0.745. The highest BCUT2D eigenvalue weighted by molar-refractivity contribution is 6.62. The number of aromatic nitrogens is 2. The number of amides is 6. The van der Waals surface area contributed by atoms with Gasteiger partial charge in [-0.2, -0.15) is 0 Å². The van der Waals surface area contributed by atoms with Crippen molar-refractivity contribution in [1.29, 1.82) is 0 Å². The van der Waals surface area contributed by atoms with Crippen molar-refractivity contribution in [2.24, 2.45) is 5.73 Å². The number of rotatable bonds is 2. The smallest absolute Gasteiger partial charge is 0.410 e. The molecular formula is C55H93ClN10O16. The fourth-order valence-electron chi connectivity index (χ4n) is 8.06. The number of carbonyl (C=O) groups excluding carboxylic acids is 8. The van der Waals surface area contributed by atoms with Crippen LogP contribution in [-0.2, 0) is 64.1 Å². The van der Waals surface area contributed by atoms with Crippen LogP contribution in [0.5, 0.6) is 0 Å². The quantitative estimate of drug-likeness (QED) is 0.166. The first-order valence-electron chi connectivity index (χ1n) is 27.5. The number of nitrogens with two attached hydrogens (primary N) is 1. The Morgan fingerprint density at radius 2 is 1.00 bits per heavy atom. The van der Waals surface area contributed by atoms with Gasteiger partial charge >= 0.3 is 24.4 Å². The van der Waals surface area contributed by atoms with E-state index in [0.29, 0.717) is 57.9 Å². The van der Waals surface area contributed by atoms with Gasteiger partial charge in [-0.25, -0.2) is 29.1 Å². The Labute approximate surface area is 487 Å². The van der Waals surface area contributed by atoms with Crippen LogP contribution >= 0.6 is 11.6 Å². The van der Waals surface area contributed by atoms with Crippen molar-refractivity contribution in [2.75, 3.05) is 52.4 Å². The molecule has 7 rings (SSSR count). The van der Waals surface area contributed by atoms with Crippen molar-refractivity contribution in [1.82, 2.24) is 45.5 Å². The minimum atomic E-state index is -0.754. The molecule has 2 aromatic rings. The molecule has 5 aliphatic heterocycles. The Balaban J connectivity index is 0.000000347. The Morgan fingerprint density at radius 1 is 0.598 bits per heavy atom. The molecule has 3 saturated heterocycles. The standard InChI is InChI=1S/C12H22N2O4.C12H20N2O4.C12H18N2O3.C10H20N2O3.C7H10N2O.C2H3ClO/c2*1-8(15)13-9-5-6-14(7-10(9)16)11(17)18-12(2,3)4;1-8-13-9-5-6-14(7-10(9)16-8)11(15)17-12(2,3)4;1-10(2,3)15-9(14)12-5-4-7(11)8(13)6-12;1-5-9-6-2-3-8-4-7(6)10-5;1-2(3)4/h9-10,16H,5-7H2,1-4H3,(H,13,15);9H,5-7H2,1-4H3,(H,13,15);5-7H2,1-4H3;7-8,13H,4-6,11H2,1-3H3;8H,2-4H2,1H3;1H3/t9-,10-;;;7-,8-;;/m0..0../s1. The zero-order chi connectivity index (χ0) is 62.7. The Bertz CT molecular complexity index is 2410. The molecule has 7 N–H and O–H groups in total. The maximum Gasteiger partial charge on any atom is 0.410 e. The predicted molar refractivity (Wildman–Crippen MR) is 302 cm³/mol. The van der Waals surface area contributed by atoms with Gasteiger partial charge in [0.25, 0.3) is 0 Å². The highest BCUT2D eigenvalue weighted by Crippen LogP contribution is 2.23. The van der Waals surface area contributed by atoms with Gasteiger partial charge in [-0.15, -0.1) is 0 Å². The van der Waals surface area contributed by atoms with E-state index in [1.165, 1.54) is 35.5 Å². The van der Waals surface area contributed by atoms with Gasteiger partial charge in [0.1, 0.15) is 33.9 Å². The lowest BCUT2D eigenvalue weighted by molar-refractivity contribution is -0.129. The van der Waals surface area contributed by atoms with Crippen LogP contribution in [0, 0.1) is 13.8 Å². The predicted octanol–water partition coefficient (Wildman–Crippen LogP) is 5.19. The van der Waals surface area contributed by atoms with Crippen molar-refractivity contribution in [3.8, 4) is 0 Å². The lowest BCUT2D eigenvalue weighted by Crippen LogP contribution is -2.55. The number of halogens is 1. The molecule has 0 radical (unpaired) electrons. The van der Waals surface area contributed by atoms with Crippen molar-refractivity contribution >= 4 is 58.8 Å². The van der Waals surface area contributed by atoms with Crippen LogP contribution in [0.25, 0.3) is 0 Å². The molecule has 0 aliphatic carbocycles. The molecule has 0 saturated carbocycles. The van der Waals surface area contributed by atoms with Gasteiger partial charge in [0.05, 0.1) is 68.4 Å². The number of piperidine rings is 3. The molecule has 0 bridgehead atoms. The average Bonchev–Trinajstić information content (AvgIpc) is 4.05. The first-order valence-corrected chi connectivity index (χ1v) is 27.9. The molecule has 6 amide bonds. The Hall–Kier alpha value is -6.09. The molecule has 5 atom stereocenters. The van der Waals surface area contributed by atoms with Crippen LogP contribution in [0.1, 0.15) is 158 Å². The SMILES string of the molecule is CC(=O)Cl.CC(=O)NC1CCN(C(=O)OC(C)(C)C)CC1=O.CC(=O)N[C@H]1CCN(C(=O)OC(C)(C)C)C[C@@H]1O.CC(C)(C)OC(=O)N1CC[C@H](N)[C@@H](O)C1.Cc1nc2c(o1)CN(C(=O)OC(C)(C)C)CC2.Cc1nc2c(o1)CNCC2. The summed E-state index contributed by atoms with van der Waals surface area (Å²) in [6.07, 6.45) is 0.309. The monoisotopic (exact) mass is 1180 g/mol. The van der Waals surface area contributed by atoms with Crippen molar-refractivity contribution in [2.45, 2.75) is 216 Å². The number of aliphatic hydroxyl groups excluding tert-OH is 2. The number of Topliss-reactive ketones (excluding diaryl/α,β-unsaturated/α-hetero) is 1. The maximum atomic E-state index is 11.9. The second-order valence-electron chi connectivity index (χ2n) is 24.2. The Morgan fingerprint density at radius 3 is 1.41 bits per heavy atom. The number of hydrogen-bond donors (Lipinski definition) is 6.